The summed E-state index contributed by atoms with van der Waals surface area (Å²) in [6.45, 7) is 3.94. The molecule has 0 atom stereocenters. The van der Waals surface area contributed by atoms with Gasteiger partial charge in [-0.05, 0) is 73.6 Å². The molecule has 1 amide bonds. The van der Waals surface area contributed by atoms with Crippen LogP contribution in [0.2, 0.25) is 5.02 Å². The fourth-order valence-corrected chi connectivity index (χ4v) is 3.79. The lowest BCUT2D eigenvalue weighted by Gasteiger charge is -2.13. The molecule has 1 aromatic heterocycles. The first-order valence-corrected chi connectivity index (χ1v) is 10.1. The normalized spacial score (nSPS) is 10.9. The number of rotatable bonds is 3. The Morgan fingerprint density at radius 3 is 2.60 bits per heavy atom. The number of aromatic nitrogens is 2. The van der Waals surface area contributed by atoms with Gasteiger partial charge in [0.25, 0.3) is 11.5 Å². The van der Waals surface area contributed by atoms with E-state index in [4.69, 9.17) is 23.8 Å². The minimum atomic E-state index is -0.331. The van der Waals surface area contributed by atoms with Crippen LogP contribution in [0.25, 0.3) is 16.6 Å². The lowest BCUT2D eigenvalue weighted by atomic mass is 10.1. The lowest BCUT2D eigenvalue weighted by molar-refractivity contribution is 0.102. The molecule has 5 nitrogen and oxygen atoms in total. The summed E-state index contributed by atoms with van der Waals surface area (Å²) in [7, 11) is 0. The number of anilines is 1. The van der Waals surface area contributed by atoms with Gasteiger partial charge in [0, 0.05) is 5.56 Å². The van der Waals surface area contributed by atoms with Gasteiger partial charge in [0.2, 0.25) is 0 Å². The van der Waals surface area contributed by atoms with E-state index in [0.29, 0.717) is 27.2 Å². The Labute approximate surface area is 183 Å². The van der Waals surface area contributed by atoms with Crippen LogP contribution in [0.3, 0.4) is 0 Å². The van der Waals surface area contributed by atoms with E-state index in [0.717, 1.165) is 16.8 Å². The van der Waals surface area contributed by atoms with Gasteiger partial charge in [0.15, 0.2) is 4.77 Å². The van der Waals surface area contributed by atoms with Crippen molar-refractivity contribution in [3.8, 4) is 5.69 Å². The summed E-state index contributed by atoms with van der Waals surface area (Å²) in [4.78, 5) is 28.9. The number of fused-ring (bicyclic) bond motifs is 1. The highest BCUT2D eigenvalue weighted by Crippen LogP contribution is 2.22. The van der Waals surface area contributed by atoms with Crippen LogP contribution in [0, 0.1) is 18.6 Å². The van der Waals surface area contributed by atoms with E-state index in [1.54, 1.807) is 42.5 Å². The van der Waals surface area contributed by atoms with E-state index in [2.05, 4.69) is 10.3 Å². The smallest absolute Gasteiger partial charge is 0.266 e. The monoisotopic (exact) mass is 435 g/mol. The summed E-state index contributed by atoms with van der Waals surface area (Å²) in [5, 5.41) is 3.67. The van der Waals surface area contributed by atoms with Crippen LogP contribution < -0.4 is 10.9 Å². The van der Waals surface area contributed by atoms with E-state index in [9.17, 15) is 9.59 Å². The van der Waals surface area contributed by atoms with E-state index in [1.807, 2.05) is 32.0 Å². The van der Waals surface area contributed by atoms with Crippen LogP contribution in [0.15, 0.2) is 65.5 Å². The Morgan fingerprint density at radius 2 is 1.83 bits per heavy atom. The molecule has 0 unspecified atom stereocenters. The third-order valence-corrected chi connectivity index (χ3v) is 5.71. The van der Waals surface area contributed by atoms with Crippen LogP contribution >= 0.6 is 23.8 Å². The van der Waals surface area contributed by atoms with Crippen LogP contribution in [0.1, 0.15) is 21.5 Å². The molecular weight excluding hydrogens is 418 g/mol. The molecule has 4 rings (SSSR count). The van der Waals surface area contributed by atoms with Crippen molar-refractivity contribution in [2.75, 3.05) is 5.32 Å². The summed E-state index contributed by atoms with van der Waals surface area (Å²) in [5.74, 6) is -0.331. The Bertz CT molecular complexity index is 1420. The molecule has 0 fully saturated rings. The van der Waals surface area contributed by atoms with Gasteiger partial charge in [-0.3, -0.25) is 14.2 Å². The van der Waals surface area contributed by atoms with Crippen molar-refractivity contribution < 1.29 is 4.79 Å². The molecule has 0 spiro atoms. The predicted molar refractivity (Wildman–Crippen MR) is 124 cm³/mol. The number of H-pyrrole nitrogens is 1. The molecule has 2 N–H and O–H groups in total. The van der Waals surface area contributed by atoms with Crippen molar-refractivity contribution in [3.63, 3.8) is 0 Å². The summed E-state index contributed by atoms with van der Waals surface area (Å²) >= 11 is 11.6. The zero-order chi connectivity index (χ0) is 21.4. The zero-order valence-electron chi connectivity index (χ0n) is 16.3. The molecular formula is C23H18ClN3O2S. The van der Waals surface area contributed by atoms with Gasteiger partial charge >= 0.3 is 0 Å². The average Bonchev–Trinajstić information content (AvgIpc) is 2.72. The van der Waals surface area contributed by atoms with Gasteiger partial charge in [-0.25, -0.2) is 0 Å². The number of nitrogens with zero attached hydrogens (tertiary/aromatic N) is 1. The first kappa shape index (κ1) is 20.1. The molecule has 0 aliphatic heterocycles. The molecule has 0 saturated carbocycles. The van der Waals surface area contributed by atoms with Crippen molar-refractivity contribution in [1.82, 2.24) is 9.55 Å². The number of aryl methyl sites for hydroxylation is 1. The molecule has 0 aliphatic carbocycles. The standard InChI is InChI=1S/C23H18ClN3O2S/c1-13-6-5-9-20(14(13)2)27-22(29)16-11-10-15(12-19(16)26-23(27)30)21(28)25-18-8-4-3-7-17(18)24/h3-12H,1-2H3,(H,25,28)(H,26,30). The van der Waals surface area contributed by atoms with Gasteiger partial charge in [-0.15, -0.1) is 0 Å². The topological polar surface area (TPSA) is 66.9 Å². The van der Waals surface area contributed by atoms with Gasteiger partial charge in [0.1, 0.15) is 0 Å². The fourth-order valence-electron chi connectivity index (χ4n) is 3.31. The molecule has 3 aromatic carbocycles. The maximum Gasteiger partial charge on any atom is 0.266 e. The summed E-state index contributed by atoms with van der Waals surface area (Å²) in [6.07, 6.45) is 0. The third-order valence-electron chi connectivity index (χ3n) is 5.10. The number of nitrogens with one attached hydrogen (secondary N) is 2. The van der Waals surface area contributed by atoms with Crippen LogP contribution in [-0.2, 0) is 0 Å². The van der Waals surface area contributed by atoms with Crippen molar-refractivity contribution in [3.05, 3.63) is 97.5 Å². The number of amides is 1. The number of aromatic amines is 1. The number of hydrogen-bond acceptors (Lipinski definition) is 3. The Kier molecular flexibility index (Phi) is 5.28. The van der Waals surface area contributed by atoms with Crippen LogP contribution in [0.4, 0.5) is 5.69 Å². The lowest BCUT2D eigenvalue weighted by Crippen LogP contribution is -2.22. The molecule has 4 aromatic rings. The largest absolute Gasteiger partial charge is 0.331 e. The number of carbonyl (C=O) groups excluding carboxylic acids is 1. The van der Waals surface area contributed by atoms with Gasteiger partial charge in [-0.1, -0.05) is 35.9 Å². The molecule has 0 saturated heterocycles. The van der Waals surface area contributed by atoms with Gasteiger partial charge in [0.05, 0.1) is 27.3 Å². The zero-order valence-corrected chi connectivity index (χ0v) is 17.9. The maximum atomic E-state index is 13.2. The molecule has 0 radical (unpaired) electrons. The van der Waals surface area contributed by atoms with E-state index in [-0.39, 0.29) is 16.2 Å². The molecule has 1 heterocycles. The van der Waals surface area contributed by atoms with Crippen LogP contribution in [0.5, 0.6) is 0 Å². The van der Waals surface area contributed by atoms with Crippen molar-refractivity contribution in [2.45, 2.75) is 13.8 Å². The number of carbonyl (C=O) groups is 1. The second-order valence-electron chi connectivity index (χ2n) is 6.98. The molecule has 150 valence electrons. The van der Waals surface area contributed by atoms with Crippen molar-refractivity contribution >= 4 is 46.3 Å². The Morgan fingerprint density at radius 1 is 1.07 bits per heavy atom. The highest BCUT2D eigenvalue weighted by Gasteiger charge is 2.14. The maximum absolute atomic E-state index is 13.2. The minimum absolute atomic E-state index is 0.236. The highest BCUT2D eigenvalue weighted by molar-refractivity contribution is 7.71. The van der Waals surface area contributed by atoms with Gasteiger partial charge in [-0.2, -0.15) is 0 Å². The molecule has 0 aliphatic rings. The van der Waals surface area contributed by atoms with Crippen molar-refractivity contribution in [2.24, 2.45) is 0 Å². The number of halogens is 1. The molecule has 7 heteroatoms. The van der Waals surface area contributed by atoms with E-state index < -0.39 is 0 Å². The second kappa shape index (κ2) is 7.89. The predicted octanol–water partition coefficient (Wildman–Crippen LogP) is 5.57. The first-order valence-electron chi connectivity index (χ1n) is 9.28. The molecule has 30 heavy (non-hydrogen) atoms. The van der Waals surface area contributed by atoms with E-state index >= 15 is 0 Å². The first-order chi connectivity index (χ1) is 14.4. The van der Waals surface area contributed by atoms with Crippen molar-refractivity contribution in [1.29, 1.82) is 0 Å². The second-order valence-corrected chi connectivity index (χ2v) is 7.78. The number of benzene rings is 3. The Hall–Kier alpha value is -3.22. The summed E-state index contributed by atoms with van der Waals surface area (Å²) < 4.78 is 1.76. The quantitative estimate of drug-likeness (QED) is 0.413. The minimum Gasteiger partial charge on any atom is -0.331 e. The average molecular weight is 436 g/mol. The van der Waals surface area contributed by atoms with Gasteiger partial charge < -0.3 is 10.3 Å². The fraction of sp³-hybridized carbons (Fsp3) is 0.0870. The SMILES string of the molecule is Cc1cccc(-n2c(=S)[nH]c3cc(C(=O)Nc4ccccc4Cl)ccc3c2=O)c1C. The Balaban J connectivity index is 1.79. The molecule has 0 bridgehead atoms. The number of para-hydroxylation sites is 1. The van der Waals surface area contributed by atoms with E-state index in [1.165, 1.54) is 4.57 Å². The summed E-state index contributed by atoms with van der Waals surface area (Å²) in [5.41, 5.74) is 3.96. The third kappa shape index (κ3) is 3.56. The highest BCUT2D eigenvalue weighted by atomic mass is 35.5. The van der Waals surface area contributed by atoms with Crippen LogP contribution in [-0.4, -0.2) is 15.5 Å². The number of hydrogen-bond donors (Lipinski definition) is 2. The summed E-state index contributed by atoms with van der Waals surface area (Å²) in [6, 6.07) is 17.6.